The highest BCUT2D eigenvalue weighted by Crippen LogP contribution is 2.28. The van der Waals surface area contributed by atoms with Crippen molar-refractivity contribution in [3.05, 3.63) is 117 Å². The van der Waals surface area contributed by atoms with Crippen LogP contribution in [-0.2, 0) is 11.3 Å². The molecular formula is C32H29F3IN3O2. The topological polar surface area (TPSA) is 70.2 Å². The molecule has 9 heteroatoms. The number of rotatable bonds is 12. The highest BCUT2D eigenvalue weighted by molar-refractivity contribution is 14.1. The highest BCUT2D eigenvalue weighted by Gasteiger charge is 2.20. The number of benzene rings is 4. The number of carbonyl (C=O) groups is 2. The van der Waals surface area contributed by atoms with Gasteiger partial charge in [-0.15, -0.1) is 0 Å². The Balaban J connectivity index is 1.18. The number of unbranched alkanes of at least 4 members (excludes halogenated alkanes) is 2. The molecule has 4 aromatic rings. The lowest BCUT2D eigenvalue weighted by atomic mass is 10.0. The Labute approximate surface area is 250 Å². The van der Waals surface area contributed by atoms with Crippen LogP contribution in [0, 0.1) is 21.0 Å². The van der Waals surface area contributed by atoms with Gasteiger partial charge in [0.2, 0.25) is 5.91 Å². The summed E-state index contributed by atoms with van der Waals surface area (Å²) in [6, 6.07) is 24.4. The van der Waals surface area contributed by atoms with E-state index in [4.69, 9.17) is 0 Å². The van der Waals surface area contributed by atoms with E-state index in [1.165, 1.54) is 12.1 Å². The lowest BCUT2D eigenvalue weighted by Crippen LogP contribution is -2.26. The summed E-state index contributed by atoms with van der Waals surface area (Å²) in [4.78, 5) is 25.0. The Morgan fingerprint density at radius 3 is 2.20 bits per heavy atom. The highest BCUT2D eigenvalue weighted by atomic mass is 127. The zero-order valence-corrected chi connectivity index (χ0v) is 24.3. The predicted octanol–water partition coefficient (Wildman–Crippen LogP) is 7.73. The average Bonchev–Trinajstić information content (AvgIpc) is 2.98. The van der Waals surface area contributed by atoms with Gasteiger partial charge in [0.05, 0.1) is 16.9 Å². The van der Waals surface area contributed by atoms with Crippen LogP contribution < -0.4 is 16.0 Å². The van der Waals surface area contributed by atoms with Crippen LogP contribution in [0.15, 0.2) is 84.9 Å². The summed E-state index contributed by atoms with van der Waals surface area (Å²) in [5, 5.41) is 8.12. The minimum absolute atomic E-state index is 0.0542. The maximum Gasteiger partial charge on any atom is 0.253 e. The number of amides is 2. The van der Waals surface area contributed by atoms with Crippen LogP contribution >= 0.6 is 22.6 Å². The third-order valence-corrected chi connectivity index (χ3v) is 7.12. The molecule has 0 aliphatic carbocycles. The van der Waals surface area contributed by atoms with E-state index in [1.54, 1.807) is 6.07 Å². The van der Waals surface area contributed by atoms with Crippen LogP contribution in [0.25, 0.3) is 11.1 Å². The van der Waals surface area contributed by atoms with E-state index in [1.807, 2.05) is 77.2 Å². The Kier molecular flexibility index (Phi) is 10.8. The molecule has 5 nitrogen and oxygen atoms in total. The van der Waals surface area contributed by atoms with Crippen molar-refractivity contribution in [1.29, 1.82) is 0 Å². The van der Waals surface area contributed by atoms with Crippen LogP contribution in [0.4, 0.5) is 24.5 Å². The minimum Gasteiger partial charge on any atom is -0.352 e. The van der Waals surface area contributed by atoms with Crippen molar-refractivity contribution < 1.29 is 22.8 Å². The van der Waals surface area contributed by atoms with E-state index in [2.05, 4.69) is 16.0 Å². The Bertz CT molecular complexity index is 1500. The van der Waals surface area contributed by atoms with Gasteiger partial charge in [-0.2, -0.15) is 0 Å². The monoisotopic (exact) mass is 671 g/mol. The van der Waals surface area contributed by atoms with Crippen molar-refractivity contribution in [2.75, 3.05) is 11.9 Å². The second kappa shape index (κ2) is 14.7. The summed E-state index contributed by atoms with van der Waals surface area (Å²) in [5.41, 5.74) is 2.61. The molecule has 0 saturated heterocycles. The van der Waals surface area contributed by atoms with Gasteiger partial charge in [0, 0.05) is 23.1 Å². The van der Waals surface area contributed by atoms with Crippen molar-refractivity contribution in [3.63, 3.8) is 0 Å². The molecule has 0 aromatic heterocycles. The molecule has 0 atom stereocenters. The summed E-state index contributed by atoms with van der Waals surface area (Å²) in [7, 11) is 0. The van der Waals surface area contributed by atoms with E-state index >= 15 is 0 Å². The first kappa shape index (κ1) is 30.1. The van der Waals surface area contributed by atoms with E-state index in [0.717, 1.165) is 28.8 Å². The summed E-state index contributed by atoms with van der Waals surface area (Å²) in [6.07, 6.45) is 2.28. The zero-order valence-electron chi connectivity index (χ0n) is 22.2. The quantitative estimate of drug-likeness (QED) is 0.107. The number of anilines is 2. The van der Waals surface area contributed by atoms with Gasteiger partial charge in [0.25, 0.3) is 5.91 Å². The largest absolute Gasteiger partial charge is 0.352 e. The van der Waals surface area contributed by atoms with E-state index in [0.29, 0.717) is 35.8 Å². The first-order valence-corrected chi connectivity index (χ1v) is 14.3. The summed E-state index contributed by atoms with van der Waals surface area (Å²) in [5.74, 6) is -3.75. The normalized spacial score (nSPS) is 10.7. The van der Waals surface area contributed by atoms with Crippen LogP contribution in [0.2, 0.25) is 0 Å². The molecule has 0 bridgehead atoms. The van der Waals surface area contributed by atoms with Gasteiger partial charge in [0.15, 0.2) is 11.6 Å². The maximum atomic E-state index is 14.6. The molecule has 212 valence electrons. The molecule has 4 aromatic carbocycles. The summed E-state index contributed by atoms with van der Waals surface area (Å²) < 4.78 is 43.4. The van der Waals surface area contributed by atoms with E-state index in [-0.39, 0.29) is 23.7 Å². The van der Waals surface area contributed by atoms with Gasteiger partial charge in [0.1, 0.15) is 5.82 Å². The molecule has 3 N–H and O–H groups in total. The van der Waals surface area contributed by atoms with E-state index in [9.17, 15) is 22.8 Å². The number of hydrogen-bond donors (Lipinski definition) is 3. The molecule has 0 radical (unpaired) electrons. The molecule has 41 heavy (non-hydrogen) atoms. The van der Waals surface area contributed by atoms with Crippen LogP contribution in [-0.4, -0.2) is 18.4 Å². The van der Waals surface area contributed by atoms with Gasteiger partial charge >= 0.3 is 0 Å². The van der Waals surface area contributed by atoms with Crippen molar-refractivity contribution in [1.82, 2.24) is 10.6 Å². The van der Waals surface area contributed by atoms with Gasteiger partial charge in [-0.25, -0.2) is 13.2 Å². The van der Waals surface area contributed by atoms with Crippen LogP contribution in [0.3, 0.4) is 0 Å². The molecule has 0 fully saturated rings. The first-order chi connectivity index (χ1) is 19.8. The Hall–Kier alpha value is -3.86. The number of carbonyl (C=O) groups excluding carboxylic acids is 2. The number of halogens is 4. The molecular weight excluding hydrogens is 642 g/mol. The van der Waals surface area contributed by atoms with Gasteiger partial charge in [-0.05, 0) is 82.5 Å². The third kappa shape index (κ3) is 8.56. The molecule has 0 spiro atoms. The lowest BCUT2D eigenvalue weighted by Gasteiger charge is -2.14. The predicted molar refractivity (Wildman–Crippen MR) is 163 cm³/mol. The van der Waals surface area contributed by atoms with Crippen molar-refractivity contribution in [3.8, 4) is 11.1 Å². The Morgan fingerprint density at radius 2 is 1.46 bits per heavy atom. The third-order valence-electron chi connectivity index (χ3n) is 6.45. The molecule has 0 heterocycles. The number of nitrogens with one attached hydrogen (secondary N) is 3. The average molecular weight is 672 g/mol. The lowest BCUT2D eigenvalue weighted by molar-refractivity contribution is -0.121. The van der Waals surface area contributed by atoms with Crippen LogP contribution in [0.5, 0.6) is 0 Å². The second-order valence-corrected chi connectivity index (χ2v) is 10.7. The van der Waals surface area contributed by atoms with Crippen molar-refractivity contribution in [2.24, 2.45) is 0 Å². The molecule has 0 aliphatic heterocycles. The SMILES string of the molecule is O=C(CCCCCNC(=O)c1ccc(F)c(F)c1Nc1ccc(I)cc1F)NCc1ccc(-c2ccccc2)cc1. The smallest absolute Gasteiger partial charge is 0.253 e. The van der Waals surface area contributed by atoms with Crippen molar-refractivity contribution in [2.45, 2.75) is 32.2 Å². The fraction of sp³-hybridized carbons (Fsp3) is 0.188. The summed E-state index contributed by atoms with van der Waals surface area (Å²) in [6.45, 7) is 0.727. The molecule has 0 aliphatic rings. The number of hydrogen-bond acceptors (Lipinski definition) is 3. The fourth-order valence-electron chi connectivity index (χ4n) is 4.21. The zero-order chi connectivity index (χ0) is 29.2. The standard InChI is InChI=1S/C32H29F3IN3O2/c33-26-16-15-25(31(30(26)35)39-28-17-14-24(36)19-27(28)34)32(41)37-18-6-2-5-9-29(40)38-20-21-10-12-23(13-11-21)22-7-3-1-4-8-22/h1,3-4,7-8,10-17,19,39H,2,5-6,9,18,20H2,(H,37,41)(H,38,40). The molecule has 0 saturated carbocycles. The fourth-order valence-corrected chi connectivity index (χ4v) is 4.66. The maximum absolute atomic E-state index is 14.6. The van der Waals surface area contributed by atoms with Gasteiger partial charge < -0.3 is 16.0 Å². The van der Waals surface area contributed by atoms with Gasteiger partial charge in [-0.1, -0.05) is 61.0 Å². The second-order valence-electron chi connectivity index (χ2n) is 9.44. The molecule has 2 amide bonds. The first-order valence-electron chi connectivity index (χ1n) is 13.2. The van der Waals surface area contributed by atoms with Crippen LogP contribution in [0.1, 0.15) is 41.6 Å². The Morgan fingerprint density at radius 1 is 0.732 bits per heavy atom. The van der Waals surface area contributed by atoms with Crippen molar-refractivity contribution >= 4 is 45.8 Å². The van der Waals surface area contributed by atoms with Gasteiger partial charge in [-0.3, -0.25) is 9.59 Å². The summed E-state index contributed by atoms with van der Waals surface area (Å²) >= 11 is 1.93. The molecule has 4 rings (SSSR count). The molecule has 0 unspecified atom stereocenters. The van der Waals surface area contributed by atoms with E-state index < -0.39 is 29.0 Å². The minimum atomic E-state index is -1.27.